The molecule has 1 fully saturated rings. The van der Waals surface area contributed by atoms with Gasteiger partial charge in [0.15, 0.2) is 0 Å². The van der Waals surface area contributed by atoms with Crippen molar-refractivity contribution in [3.05, 3.63) is 0 Å². The lowest BCUT2D eigenvalue weighted by Gasteiger charge is -2.25. The highest BCUT2D eigenvalue weighted by Crippen LogP contribution is 2.09. The third-order valence-corrected chi connectivity index (χ3v) is 3.95. The number of carbonyl (C=O) groups is 2. The second kappa shape index (κ2) is 12.4. The first kappa shape index (κ1) is 18.9. The van der Waals surface area contributed by atoms with E-state index in [1.807, 2.05) is 0 Å². The average molecular weight is 313 g/mol. The van der Waals surface area contributed by atoms with Gasteiger partial charge in [0.25, 0.3) is 0 Å². The molecule has 0 unspecified atom stereocenters. The van der Waals surface area contributed by atoms with E-state index in [2.05, 4.69) is 6.92 Å². The Morgan fingerprint density at radius 2 is 1.45 bits per heavy atom. The van der Waals surface area contributed by atoms with Gasteiger partial charge in [-0.15, -0.1) is 0 Å². The number of carbonyl (C=O) groups excluding carboxylic acids is 2. The molecule has 1 amide bonds. The Balaban J connectivity index is 1.93. The molecule has 5 nitrogen and oxygen atoms in total. The average Bonchev–Trinajstić information content (AvgIpc) is 2.56. The van der Waals surface area contributed by atoms with Crippen molar-refractivity contribution < 1.29 is 19.1 Å². The minimum atomic E-state index is -0.721. The Labute approximate surface area is 134 Å². The Kier molecular flexibility index (Phi) is 10.7. The fourth-order valence-corrected chi connectivity index (χ4v) is 2.53. The third-order valence-electron chi connectivity index (χ3n) is 3.95. The minimum absolute atomic E-state index is 0.352. The molecule has 0 saturated carbocycles. The van der Waals surface area contributed by atoms with Crippen LogP contribution < -0.4 is 0 Å². The Bertz CT molecular complexity index is 314. The number of morpholine rings is 1. The molecule has 22 heavy (non-hydrogen) atoms. The Morgan fingerprint density at radius 3 is 2.05 bits per heavy atom. The van der Waals surface area contributed by atoms with Gasteiger partial charge in [0, 0.05) is 13.1 Å². The second-order valence-corrected chi connectivity index (χ2v) is 5.87. The van der Waals surface area contributed by atoms with E-state index in [1.54, 1.807) is 0 Å². The van der Waals surface area contributed by atoms with Crippen molar-refractivity contribution in [1.82, 2.24) is 4.90 Å². The normalized spacial score (nSPS) is 14.9. The van der Waals surface area contributed by atoms with Gasteiger partial charge >= 0.3 is 11.9 Å². The molecule has 0 aliphatic carbocycles. The highest BCUT2D eigenvalue weighted by Gasteiger charge is 2.24. The molecule has 0 spiro atoms. The summed E-state index contributed by atoms with van der Waals surface area (Å²) in [7, 11) is 0. The van der Waals surface area contributed by atoms with Crippen molar-refractivity contribution in [1.29, 1.82) is 0 Å². The number of esters is 1. The molecule has 0 N–H and O–H groups in total. The molecule has 1 saturated heterocycles. The molecule has 0 aromatic carbocycles. The fourth-order valence-electron chi connectivity index (χ4n) is 2.53. The quantitative estimate of drug-likeness (QED) is 0.353. The van der Waals surface area contributed by atoms with Crippen LogP contribution in [0.4, 0.5) is 0 Å². The molecule has 0 radical (unpaired) electrons. The highest BCUT2D eigenvalue weighted by atomic mass is 16.5. The van der Waals surface area contributed by atoms with Gasteiger partial charge in [-0.3, -0.25) is 4.79 Å². The van der Waals surface area contributed by atoms with Gasteiger partial charge < -0.3 is 14.4 Å². The molecule has 0 atom stereocenters. The number of hydrogen-bond donors (Lipinski definition) is 0. The lowest BCUT2D eigenvalue weighted by atomic mass is 10.1. The number of unbranched alkanes of at least 4 members (excludes halogenated alkanes) is 8. The zero-order valence-corrected chi connectivity index (χ0v) is 14.0. The van der Waals surface area contributed by atoms with Gasteiger partial charge in [0.1, 0.15) is 0 Å². The summed E-state index contributed by atoms with van der Waals surface area (Å²) in [6.45, 7) is 4.53. The smallest absolute Gasteiger partial charge is 0.397 e. The minimum Gasteiger partial charge on any atom is -0.459 e. The van der Waals surface area contributed by atoms with Crippen molar-refractivity contribution >= 4 is 11.9 Å². The summed E-state index contributed by atoms with van der Waals surface area (Å²) < 4.78 is 10.2. The van der Waals surface area contributed by atoms with Crippen LogP contribution in [0.25, 0.3) is 0 Å². The first-order valence-corrected chi connectivity index (χ1v) is 8.79. The van der Waals surface area contributed by atoms with Gasteiger partial charge in [-0.2, -0.15) is 0 Å². The lowest BCUT2D eigenvalue weighted by molar-refractivity contribution is -0.162. The number of amides is 1. The van der Waals surface area contributed by atoms with Crippen LogP contribution in [0.3, 0.4) is 0 Å². The molecule has 1 aliphatic heterocycles. The van der Waals surface area contributed by atoms with Crippen molar-refractivity contribution in [2.24, 2.45) is 0 Å². The van der Waals surface area contributed by atoms with Gasteiger partial charge in [-0.1, -0.05) is 58.3 Å². The SMILES string of the molecule is CCCCCCCCCCCOC(=O)C(=O)N1CCOCC1. The summed E-state index contributed by atoms with van der Waals surface area (Å²) >= 11 is 0. The van der Waals surface area contributed by atoms with Crippen LogP contribution in [0, 0.1) is 0 Å². The highest BCUT2D eigenvalue weighted by molar-refractivity contribution is 6.32. The lowest BCUT2D eigenvalue weighted by Crippen LogP contribution is -2.44. The molecule has 0 bridgehead atoms. The van der Waals surface area contributed by atoms with E-state index in [1.165, 1.54) is 49.8 Å². The van der Waals surface area contributed by atoms with Crippen LogP contribution in [0.15, 0.2) is 0 Å². The van der Waals surface area contributed by atoms with E-state index in [0.717, 1.165) is 12.8 Å². The van der Waals surface area contributed by atoms with Gasteiger partial charge in [-0.25, -0.2) is 4.79 Å². The molecule has 0 aromatic heterocycles. The van der Waals surface area contributed by atoms with E-state index < -0.39 is 11.9 Å². The second-order valence-electron chi connectivity index (χ2n) is 5.87. The van der Waals surface area contributed by atoms with Crippen LogP contribution in [0.2, 0.25) is 0 Å². The number of hydrogen-bond acceptors (Lipinski definition) is 4. The van der Waals surface area contributed by atoms with Crippen LogP contribution in [-0.4, -0.2) is 49.7 Å². The van der Waals surface area contributed by atoms with Gasteiger partial charge in [-0.05, 0) is 6.42 Å². The van der Waals surface area contributed by atoms with E-state index in [4.69, 9.17) is 9.47 Å². The van der Waals surface area contributed by atoms with E-state index >= 15 is 0 Å². The first-order valence-electron chi connectivity index (χ1n) is 8.79. The fraction of sp³-hybridized carbons (Fsp3) is 0.882. The summed E-state index contributed by atoms with van der Waals surface area (Å²) in [6, 6.07) is 0. The molecular weight excluding hydrogens is 282 g/mol. The molecular formula is C17H31NO4. The van der Waals surface area contributed by atoms with Crippen molar-refractivity contribution in [2.45, 2.75) is 64.7 Å². The molecule has 1 rings (SSSR count). The summed E-state index contributed by atoms with van der Waals surface area (Å²) in [6.07, 6.45) is 10.9. The number of nitrogens with zero attached hydrogens (tertiary/aromatic N) is 1. The summed E-state index contributed by atoms with van der Waals surface area (Å²) in [5.74, 6) is -1.25. The Hall–Kier alpha value is -1.10. The maximum atomic E-state index is 11.8. The van der Waals surface area contributed by atoms with E-state index in [-0.39, 0.29) is 0 Å². The molecule has 1 aliphatic rings. The standard InChI is InChI=1S/C17H31NO4/c1-2-3-4-5-6-7-8-9-10-13-22-17(20)16(19)18-11-14-21-15-12-18/h2-15H2,1H3. The van der Waals surface area contributed by atoms with E-state index in [9.17, 15) is 9.59 Å². The monoisotopic (exact) mass is 313 g/mol. The van der Waals surface area contributed by atoms with Gasteiger partial charge in [0.05, 0.1) is 19.8 Å². The molecule has 128 valence electrons. The number of rotatable bonds is 10. The molecule has 5 heteroatoms. The van der Waals surface area contributed by atoms with Crippen LogP contribution in [0.1, 0.15) is 64.7 Å². The Morgan fingerprint density at radius 1 is 0.909 bits per heavy atom. The summed E-state index contributed by atoms with van der Waals surface area (Å²) in [5.41, 5.74) is 0. The number of ether oxygens (including phenoxy) is 2. The van der Waals surface area contributed by atoms with Crippen LogP contribution in [0.5, 0.6) is 0 Å². The van der Waals surface area contributed by atoms with Crippen LogP contribution in [-0.2, 0) is 19.1 Å². The largest absolute Gasteiger partial charge is 0.459 e. The molecule has 1 heterocycles. The predicted molar refractivity (Wildman–Crippen MR) is 85.6 cm³/mol. The van der Waals surface area contributed by atoms with Gasteiger partial charge in [0.2, 0.25) is 0 Å². The predicted octanol–water partition coefficient (Wildman–Crippen LogP) is 2.92. The van der Waals surface area contributed by atoms with Crippen molar-refractivity contribution in [2.75, 3.05) is 32.9 Å². The molecule has 0 aromatic rings. The topological polar surface area (TPSA) is 55.8 Å². The third kappa shape index (κ3) is 8.37. The zero-order chi connectivity index (χ0) is 16.0. The summed E-state index contributed by atoms with van der Waals surface area (Å²) in [4.78, 5) is 24.9. The zero-order valence-electron chi connectivity index (χ0n) is 14.0. The van der Waals surface area contributed by atoms with Crippen LogP contribution >= 0.6 is 0 Å². The van der Waals surface area contributed by atoms with E-state index in [0.29, 0.717) is 32.9 Å². The maximum Gasteiger partial charge on any atom is 0.397 e. The van der Waals surface area contributed by atoms with Crippen molar-refractivity contribution in [3.8, 4) is 0 Å². The maximum absolute atomic E-state index is 11.8. The first-order chi connectivity index (χ1) is 10.8. The van der Waals surface area contributed by atoms with Crippen molar-refractivity contribution in [3.63, 3.8) is 0 Å². The summed E-state index contributed by atoms with van der Waals surface area (Å²) in [5, 5.41) is 0.